The van der Waals surface area contributed by atoms with Crippen molar-refractivity contribution in [2.75, 3.05) is 26.8 Å². The van der Waals surface area contributed by atoms with E-state index in [-0.39, 0.29) is 25.8 Å². The van der Waals surface area contributed by atoms with Crippen LogP contribution in [0.5, 0.6) is 5.75 Å². The molecule has 0 radical (unpaired) electrons. The van der Waals surface area contributed by atoms with Crippen molar-refractivity contribution in [3.8, 4) is 5.75 Å². The second-order valence-corrected chi connectivity index (χ2v) is 3.88. The average molecular weight is 284 g/mol. The van der Waals surface area contributed by atoms with Gasteiger partial charge < -0.3 is 24.1 Å². The molecule has 112 valence electrons. The molecule has 0 bridgehead atoms. The van der Waals surface area contributed by atoms with Crippen molar-refractivity contribution in [3.63, 3.8) is 0 Å². The van der Waals surface area contributed by atoms with Gasteiger partial charge in [-0.2, -0.15) is 0 Å². The van der Waals surface area contributed by atoms with Crippen LogP contribution in [-0.4, -0.2) is 37.9 Å². The Hall–Kier alpha value is -1.63. The Morgan fingerprint density at radius 3 is 2.40 bits per heavy atom. The summed E-state index contributed by atoms with van der Waals surface area (Å²) in [4.78, 5) is 11.1. The van der Waals surface area contributed by atoms with E-state index in [9.17, 15) is 4.79 Å². The molecule has 1 aromatic rings. The number of aromatic carboxylic acids is 1. The molecule has 0 atom stereocenters. The van der Waals surface area contributed by atoms with Crippen LogP contribution < -0.4 is 4.74 Å². The minimum Gasteiger partial charge on any atom is -0.478 e. The molecule has 0 saturated carbocycles. The highest BCUT2D eigenvalue weighted by atomic mass is 16.7. The first-order chi connectivity index (χ1) is 9.67. The Morgan fingerprint density at radius 2 is 1.75 bits per heavy atom. The van der Waals surface area contributed by atoms with E-state index < -0.39 is 5.97 Å². The van der Waals surface area contributed by atoms with Crippen LogP contribution in [0.4, 0.5) is 0 Å². The van der Waals surface area contributed by atoms with Gasteiger partial charge in [0.15, 0.2) is 6.79 Å². The molecule has 0 spiro atoms. The molecule has 0 aliphatic heterocycles. The summed E-state index contributed by atoms with van der Waals surface area (Å²) in [6.45, 7) is 5.33. The highest BCUT2D eigenvalue weighted by Crippen LogP contribution is 2.18. The summed E-state index contributed by atoms with van der Waals surface area (Å²) in [5.74, 6) is -0.578. The zero-order valence-electron chi connectivity index (χ0n) is 11.8. The fourth-order valence-corrected chi connectivity index (χ4v) is 1.45. The van der Waals surface area contributed by atoms with Gasteiger partial charge in [0, 0.05) is 13.2 Å². The maximum Gasteiger partial charge on any atom is 0.335 e. The summed E-state index contributed by atoms with van der Waals surface area (Å²) in [6, 6.07) is 4.71. The van der Waals surface area contributed by atoms with Crippen LogP contribution in [0.2, 0.25) is 0 Å². The Labute approximate surface area is 118 Å². The molecule has 0 aliphatic carbocycles. The molecular weight excluding hydrogens is 264 g/mol. The van der Waals surface area contributed by atoms with Crippen LogP contribution in [0.1, 0.15) is 29.8 Å². The van der Waals surface area contributed by atoms with Gasteiger partial charge in [-0.1, -0.05) is 0 Å². The van der Waals surface area contributed by atoms with Crippen molar-refractivity contribution in [3.05, 3.63) is 29.3 Å². The standard InChI is InChI=1S/C14H20O6/c1-3-17-9-19-8-11-5-12(14(15)16)7-13(6-11)20-10-18-4-2/h5-7H,3-4,8-10H2,1-2H3,(H,15,16). The fraction of sp³-hybridized carbons (Fsp3) is 0.500. The smallest absolute Gasteiger partial charge is 0.335 e. The van der Waals surface area contributed by atoms with Gasteiger partial charge in [0.25, 0.3) is 0 Å². The first-order valence-corrected chi connectivity index (χ1v) is 6.40. The van der Waals surface area contributed by atoms with Gasteiger partial charge in [-0.15, -0.1) is 0 Å². The monoisotopic (exact) mass is 284 g/mol. The molecule has 1 aromatic carbocycles. The zero-order chi connectivity index (χ0) is 14.8. The van der Waals surface area contributed by atoms with Gasteiger partial charge in [-0.25, -0.2) is 4.79 Å². The molecule has 0 amide bonds. The van der Waals surface area contributed by atoms with Crippen LogP contribution in [0, 0.1) is 0 Å². The average Bonchev–Trinajstić information content (AvgIpc) is 2.44. The van der Waals surface area contributed by atoms with Crippen molar-refractivity contribution in [1.29, 1.82) is 0 Å². The maximum absolute atomic E-state index is 11.1. The molecular formula is C14H20O6. The molecule has 20 heavy (non-hydrogen) atoms. The fourth-order valence-electron chi connectivity index (χ4n) is 1.45. The van der Waals surface area contributed by atoms with E-state index >= 15 is 0 Å². The van der Waals surface area contributed by atoms with Crippen LogP contribution in [0.3, 0.4) is 0 Å². The number of rotatable bonds is 10. The van der Waals surface area contributed by atoms with Gasteiger partial charge >= 0.3 is 5.97 Å². The number of carboxylic acid groups (broad SMARTS) is 1. The molecule has 6 heteroatoms. The summed E-state index contributed by atoms with van der Waals surface area (Å²) in [6.07, 6.45) is 0. The Bertz CT molecular complexity index is 418. The Morgan fingerprint density at radius 1 is 1.05 bits per heavy atom. The predicted molar refractivity (Wildman–Crippen MR) is 71.8 cm³/mol. The Kier molecular flexibility index (Phi) is 7.64. The van der Waals surface area contributed by atoms with E-state index in [0.29, 0.717) is 24.5 Å². The highest BCUT2D eigenvalue weighted by Gasteiger charge is 2.08. The second-order valence-electron chi connectivity index (χ2n) is 3.88. The topological polar surface area (TPSA) is 74.2 Å². The largest absolute Gasteiger partial charge is 0.478 e. The van der Waals surface area contributed by atoms with Crippen molar-refractivity contribution in [2.45, 2.75) is 20.5 Å². The summed E-state index contributed by atoms with van der Waals surface area (Å²) in [7, 11) is 0. The van der Waals surface area contributed by atoms with Gasteiger partial charge in [-0.3, -0.25) is 0 Å². The van der Waals surface area contributed by atoms with E-state index in [1.165, 1.54) is 6.07 Å². The van der Waals surface area contributed by atoms with E-state index in [0.717, 1.165) is 0 Å². The third-order valence-electron chi connectivity index (χ3n) is 2.37. The molecule has 1 N–H and O–H groups in total. The molecule has 0 saturated heterocycles. The van der Waals surface area contributed by atoms with Crippen LogP contribution in [0.15, 0.2) is 18.2 Å². The van der Waals surface area contributed by atoms with E-state index in [1.807, 2.05) is 13.8 Å². The molecule has 0 unspecified atom stereocenters. The lowest BCUT2D eigenvalue weighted by Gasteiger charge is -2.10. The molecule has 6 nitrogen and oxygen atoms in total. The minimum atomic E-state index is -1.02. The first-order valence-electron chi connectivity index (χ1n) is 6.40. The van der Waals surface area contributed by atoms with Crippen molar-refractivity contribution in [1.82, 2.24) is 0 Å². The predicted octanol–water partition coefficient (Wildman–Crippen LogP) is 2.27. The maximum atomic E-state index is 11.1. The molecule has 0 aromatic heterocycles. The highest BCUT2D eigenvalue weighted by molar-refractivity contribution is 5.88. The lowest BCUT2D eigenvalue weighted by molar-refractivity contribution is -0.0572. The summed E-state index contributed by atoms with van der Waals surface area (Å²) in [5, 5.41) is 9.06. The lowest BCUT2D eigenvalue weighted by atomic mass is 10.1. The number of hydrogen-bond donors (Lipinski definition) is 1. The minimum absolute atomic E-state index is 0.0822. The molecule has 0 aliphatic rings. The summed E-state index contributed by atoms with van der Waals surface area (Å²) in [5.41, 5.74) is 0.852. The number of carbonyl (C=O) groups is 1. The summed E-state index contributed by atoms with van der Waals surface area (Å²) >= 11 is 0. The number of carboxylic acids is 1. The quantitative estimate of drug-likeness (QED) is 0.525. The van der Waals surface area contributed by atoms with E-state index in [1.54, 1.807) is 12.1 Å². The van der Waals surface area contributed by atoms with Crippen LogP contribution >= 0.6 is 0 Å². The summed E-state index contributed by atoms with van der Waals surface area (Å²) < 4.78 is 20.7. The normalized spacial score (nSPS) is 10.5. The first kappa shape index (κ1) is 16.4. The zero-order valence-corrected chi connectivity index (χ0v) is 11.8. The van der Waals surface area contributed by atoms with E-state index in [2.05, 4.69) is 0 Å². The third kappa shape index (κ3) is 6.01. The Balaban J connectivity index is 2.68. The lowest BCUT2D eigenvalue weighted by Crippen LogP contribution is -2.06. The SMILES string of the molecule is CCOCOCc1cc(OCOCC)cc(C(=O)O)c1. The van der Waals surface area contributed by atoms with E-state index in [4.69, 9.17) is 24.1 Å². The number of ether oxygens (including phenoxy) is 4. The number of benzene rings is 1. The molecule has 0 fully saturated rings. The van der Waals surface area contributed by atoms with Crippen molar-refractivity contribution >= 4 is 5.97 Å². The van der Waals surface area contributed by atoms with Crippen LogP contribution in [0.25, 0.3) is 0 Å². The van der Waals surface area contributed by atoms with Crippen molar-refractivity contribution < 1.29 is 28.8 Å². The van der Waals surface area contributed by atoms with Gasteiger partial charge in [0.2, 0.25) is 0 Å². The van der Waals surface area contributed by atoms with Gasteiger partial charge in [-0.05, 0) is 37.6 Å². The van der Waals surface area contributed by atoms with Crippen LogP contribution in [-0.2, 0) is 20.8 Å². The molecule has 0 heterocycles. The number of hydrogen-bond acceptors (Lipinski definition) is 5. The van der Waals surface area contributed by atoms with Gasteiger partial charge in [0.05, 0.1) is 12.2 Å². The van der Waals surface area contributed by atoms with Crippen molar-refractivity contribution in [2.24, 2.45) is 0 Å². The second kappa shape index (κ2) is 9.30. The third-order valence-corrected chi connectivity index (χ3v) is 2.37. The van der Waals surface area contributed by atoms with Gasteiger partial charge in [0.1, 0.15) is 12.5 Å². The molecule has 1 rings (SSSR count).